The molecule has 108 valence electrons. The average molecular weight is 341 g/mol. The van der Waals surface area contributed by atoms with E-state index in [9.17, 15) is 0 Å². The number of nitrogens with one attached hydrogen (secondary N) is 1. The summed E-state index contributed by atoms with van der Waals surface area (Å²) in [6.07, 6.45) is 1.73. The number of ether oxygens (including phenoxy) is 2. The van der Waals surface area contributed by atoms with Crippen LogP contribution in [0.4, 0.5) is 5.69 Å². The molecule has 1 atom stereocenters. The van der Waals surface area contributed by atoms with Gasteiger partial charge in [-0.2, -0.15) is 0 Å². The van der Waals surface area contributed by atoms with Crippen molar-refractivity contribution in [3.8, 4) is 5.88 Å². The molecule has 0 aliphatic carbocycles. The lowest BCUT2D eigenvalue weighted by molar-refractivity contribution is 0.144. The van der Waals surface area contributed by atoms with E-state index in [1.54, 1.807) is 13.3 Å². The molecule has 20 heavy (non-hydrogen) atoms. The van der Waals surface area contributed by atoms with Crippen molar-refractivity contribution >= 4 is 21.6 Å². The molecule has 1 N–H and O–H groups in total. The second kappa shape index (κ2) is 7.31. The SMILES string of the molecule is COCCOc1ccc(NC(C)c2ccc(Br)o2)cn1. The minimum atomic E-state index is 0.0587. The molecule has 0 saturated carbocycles. The van der Waals surface area contributed by atoms with Gasteiger partial charge in [0.2, 0.25) is 5.88 Å². The summed E-state index contributed by atoms with van der Waals surface area (Å²) in [7, 11) is 1.64. The van der Waals surface area contributed by atoms with Gasteiger partial charge in [-0.05, 0) is 41.1 Å². The Bertz CT molecular complexity index is 527. The Kier molecular flexibility index (Phi) is 5.43. The van der Waals surface area contributed by atoms with Crippen LogP contribution in [0.25, 0.3) is 0 Å². The van der Waals surface area contributed by atoms with Crippen LogP contribution in [-0.4, -0.2) is 25.3 Å². The molecule has 2 aromatic heterocycles. The zero-order valence-corrected chi connectivity index (χ0v) is 13.0. The van der Waals surface area contributed by atoms with E-state index >= 15 is 0 Å². The molecule has 0 radical (unpaired) electrons. The molecule has 0 fully saturated rings. The van der Waals surface area contributed by atoms with E-state index < -0.39 is 0 Å². The number of halogens is 1. The van der Waals surface area contributed by atoms with Crippen molar-refractivity contribution in [1.29, 1.82) is 0 Å². The molecule has 0 bridgehead atoms. The van der Waals surface area contributed by atoms with Gasteiger partial charge in [-0.1, -0.05) is 0 Å². The maximum absolute atomic E-state index is 5.50. The van der Waals surface area contributed by atoms with Gasteiger partial charge in [0, 0.05) is 13.2 Å². The first kappa shape index (κ1) is 14.9. The molecular weight excluding hydrogens is 324 g/mol. The number of hydrogen-bond acceptors (Lipinski definition) is 5. The van der Waals surface area contributed by atoms with Crippen LogP contribution < -0.4 is 10.1 Å². The van der Waals surface area contributed by atoms with Crippen molar-refractivity contribution in [2.24, 2.45) is 0 Å². The van der Waals surface area contributed by atoms with Gasteiger partial charge in [0.1, 0.15) is 12.4 Å². The van der Waals surface area contributed by atoms with Crippen LogP contribution in [-0.2, 0) is 4.74 Å². The third-order valence-corrected chi connectivity index (χ3v) is 3.10. The molecular formula is C14H17BrN2O3. The van der Waals surface area contributed by atoms with Gasteiger partial charge in [-0.3, -0.25) is 0 Å². The lowest BCUT2D eigenvalue weighted by Gasteiger charge is -2.13. The summed E-state index contributed by atoms with van der Waals surface area (Å²) >= 11 is 3.29. The molecule has 0 amide bonds. The van der Waals surface area contributed by atoms with E-state index in [2.05, 4.69) is 26.2 Å². The highest BCUT2D eigenvalue weighted by atomic mass is 79.9. The molecule has 0 spiro atoms. The van der Waals surface area contributed by atoms with Crippen LogP contribution in [0.2, 0.25) is 0 Å². The quantitative estimate of drug-likeness (QED) is 0.780. The Labute approximate surface area is 126 Å². The van der Waals surface area contributed by atoms with Crippen molar-refractivity contribution in [2.75, 3.05) is 25.6 Å². The minimum absolute atomic E-state index is 0.0587. The first-order valence-corrected chi connectivity index (χ1v) is 7.08. The van der Waals surface area contributed by atoms with Crippen LogP contribution in [0, 0.1) is 0 Å². The van der Waals surface area contributed by atoms with Gasteiger partial charge < -0.3 is 19.2 Å². The Morgan fingerprint density at radius 2 is 2.15 bits per heavy atom. The molecule has 0 aliphatic rings. The van der Waals surface area contributed by atoms with E-state index in [1.165, 1.54) is 0 Å². The largest absolute Gasteiger partial charge is 0.475 e. The summed E-state index contributed by atoms with van der Waals surface area (Å²) in [4.78, 5) is 4.22. The van der Waals surface area contributed by atoms with Gasteiger partial charge >= 0.3 is 0 Å². The smallest absolute Gasteiger partial charge is 0.213 e. The first-order valence-electron chi connectivity index (χ1n) is 6.28. The summed E-state index contributed by atoms with van der Waals surface area (Å²) < 4.78 is 16.5. The van der Waals surface area contributed by atoms with Gasteiger partial charge in [0.05, 0.1) is 24.5 Å². The topological polar surface area (TPSA) is 56.5 Å². The zero-order chi connectivity index (χ0) is 14.4. The van der Waals surface area contributed by atoms with Gasteiger partial charge in [-0.25, -0.2) is 4.98 Å². The molecule has 0 aromatic carbocycles. The molecule has 2 heterocycles. The molecule has 5 nitrogen and oxygen atoms in total. The Balaban J connectivity index is 1.90. The second-order valence-corrected chi connectivity index (χ2v) is 5.02. The van der Waals surface area contributed by atoms with Crippen molar-refractivity contribution < 1.29 is 13.9 Å². The monoisotopic (exact) mass is 340 g/mol. The fourth-order valence-electron chi connectivity index (χ4n) is 1.66. The minimum Gasteiger partial charge on any atom is -0.475 e. The Morgan fingerprint density at radius 1 is 1.30 bits per heavy atom. The van der Waals surface area contributed by atoms with Gasteiger partial charge in [-0.15, -0.1) is 0 Å². The predicted molar refractivity (Wildman–Crippen MR) is 80.1 cm³/mol. The summed E-state index contributed by atoms with van der Waals surface area (Å²) in [5.41, 5.74) is 0.907. The van der Waals surface area contributed by atoms with E-state index in [0.717, 1.165) is 16.1 Å². The maximum atomic E-state index is 5.50. The van der Waals surface area contributed by atoms with Crippen molar-refractivity contribution in [1.82, 2.24) is 4.98 Å². The summed E-state index contributed by atoms with van der Waals surface area (Å²) in [5.74, 6) is 1.44. The van der Waals surface area contributed by atoms with Crippen LogP contribution >= 0.6 is 15.9 Å². The highest BCUT2D eigenvalue weighted by molar-refractivity contribution is 9.10. The van der Waals surface area contributed by atoms with Crippen molar-refractivity contribution in [3.05, 3.63) is 40.9 Å². The number of methoxy groups -OCH3 is 1. The predicted octanol–water partition coefficient (Wildman–Crippen LogP) is 3.64. The number of anilines is 1. The van der Waals surface area contributed by atoms with Gasteiger partial charge in [0.25, 0.3) is 0 Å². The summed E-state index contributed by atoms with van der Waals surface area (Å²) in [6.45, 7) is 3.06. The van der Waals surface area contributed by atoms with E-state index in [1.807, 2.05) is 31.2 Å². The fourth-order valence-corrected chi connectivity index (χ4v) is 1.98. The molecule has 0 aliphatic heterocycles. The van der Waals surface area contributed by atoms with Crippen molar-refractivity contribution in [3.63, 3.8) is 0 Å². The summed E-state index contributed by atoms with van der Waals surface area (Å²) in [6, 6.07) is 7.60. The fraction of sp³-hybridized carbons (Fsp3) is 0.357. The highest BCUT2D eigenvalue weighted by Gasteiger charge is 2.09. The number of aromatic nitrogens is 1. The Morgan fingerprint density at radius 3 is 2.75 bits per heavy atom. The molecule has 1 unspecified atom stereocenters. The van der Waals surface area contributed by atoms with Crippen molar-refractivity contribution in [2.45, 2.75) is 13.0 Å². The molecule has 6 heteroatoms. The standard InChI is InChI=1S/C14H17BrN2O3/c1-10(12-4-5-13(15)20-12)17-11-3-6-14(16-9-11)19-8-7-18-2/h3-6,9-10,17H,7-8H2,1-2H3. The zero-order valence-electron chi connectivity index (χ0n) is 11.4. The molecule has 0 saturated heterocycles. The van der Waals surface area contributed by atoms with E-state index in [4.69, 9.17) is 13.9 Å². The normalized spacial score (nSPS) is 12.2. The third-order valence-electron chi connectivity index (χ3n) is 2.68. The number of rotatable bonds is 7. The van der Waals surface area contributed by atoms with E-state index in [0.29, 0.717) is 19.1 Å². The molecule has 2 rings (SSSR count). The number of nitrogens with zero attached hydrogens (tertiary/aromatic N) is 1. The summed E-state index contributed by atoms with van der Waals surface area (Å²) in [5, 5.41) is 3.31. The third kappa shape index (κ3) is 4.25. The average Bonchev–Trinajstić information content (AvgIpc) is 2.88. The first-order chi connectivity index (χ1) is 9.69. The number of hydrogen-bond donors (Lipinski definition) is 1. The van der Waals surface area contributed by atoms with E-state index in [-0.39, 0.29) is 6.04 Å². The van der Waals surface area contributed by atoms with Gasteiger partial charge in [0.15, 0.2) is 4.67 Å². The maximum Gasteiger partial charge on any atom is 0.213 e. The van der Waals surface area contributed by atoms with Crippen LogP contribution in [0.3, 0.4) is 0 Å². The van der Waals surface area contributed by atoms with Crippen LogP contribution in [0.15, 0.2) is 39.5 Å². The second-order valence-electron chi connectivity index (χ2n) is 4.23. The lowest BCUT2D eigenvalue weighted by atomic mass is 10.2. The number of pyridine rings is 1. The Hall–Kier alpha value is -1.53. The van der Waals surface area contributed by atoms with Crippen LogP contribution in [0.5, 0.6) is 5.88 Å². The lowest BCUT2D eigenvalue weighted by Crippen LogP contribution is -2.07. The number of furan rings is 1. The molecule has 2 aromatic rings. The highest BCUT2D eigenvalue weighted by Crippen LogP contribution is 2.23. The van der Waals surface area contributed by atoms with Crippen LogP contribution in [0.1, 0.15) is 18.7 Å².